The lowest BCUT2D eigenvalue weighted by molar-refractivity contribution is 0.0376. The van der Waals surface area contributed by atoms with E-state index >= 15 is 0 Å². The summed E-state index contributed by atoms with van der Waals surface area (Å²) in [6.45, 7) is 6.82. The van der Waals surface area contributed by atoms with Gasteiger partial charge in [-0.15, -0.1) is 12.4 Å². The maximum Gasteiger partial charge on any atom is 0.260 e. The van der Waals surface area contributed by atoms with E-state index in [1.54, 1.807) is 11.0 Å². The minimum atomic E-state index is -0.0988. The number of hydrogen-bond donors (Lipinski definition) is 0. The number of nitrogens with zero attached hydrogens (tertiary/aromatic N) is 3. The Kier molecular flexibility index (Phi) is 9.40. The number of benzene rings is 3. The van der Waals surface area contributed by atoms with Crippen molar-refractivity contribution in [3.63, 3.8) is 0 Å². The van der Waals surface area contributed by atoms with Gasteiger partial charge >= 0.3 is 0 Å². The number of para-hydroxylation sites is 1. The average Bonchev–Trinajstić information content (AvgIpc) is 3.32. The lowest BCUT2D eigenvalue weighted by atomic mass is 10.2. The van der Waals surface area contributed by atoms with Gasteiger partial charge in [-0.3, -0.25) is 14.6 Å². The fourth-order valence-corrected chi connectivity index (χ4v) is 5.74. The number of anilines is 1. The van der Waals surface area contributed by atoms with Gasteiger partial charge in [0.15, 0.2) is 5.13 Å². The van der Waals surface area contributed by atoms with E-state index in [4.69, 9.17) is 26.1 Å². The fourth-order valence-electron chi connectivity index (χ4n) is 4.29. The molecule has 9 heteroatoms. The van der Waals surface area contributed by atoms with Crippen molar-refractivity contribution in [2.24, 2.45) is 0 Å². The number of thiazole rings is 1. The van der Waals surface area contributed by atoms with E-state index in [2.05, 4.69) is 4.90 Å². The highest BCUT2D eigenvalue weighted by Gasteiger charge is 2.23. The maximum absolute atomic E-state index is 13.8. The van der Waals surface area contributed by atoms with Crippen molar-refractivity contribution < 1.29 is 14.3 Å². The number of halogens is 2. The normalized spacial score (nSPS) is 13.8. The first-order chi connectivity index (χ1) is 17.6. The molecule has 194 valence electrons. The van der Waals surface area contributed by atoms with Crippen molar-refractivity contribution >= 4 is 56.6 Å². The molecule has 1 fully saturated rings. The molecular weight excluding hydrogens is 529 g/mol. The van der Waals surface area contributed by atoms with Crippen molar-refractivity contribution in [1.29, 1.82) is 0 Å². The number of morpholine rings is 1. The molecule has 1 saturated heterocycles. The van der Waals surface area contributed by atoms with E-state index in [0.717, 1.165) is 60.8 Å². The lowest BCUT2D eigenvalue weighted by Crippen LogP contribution is -2.39. The van der Waals surface area contributed by atoms with Gasteiger partial charge in [0.05, 0.1) is 23.4 Å². The van der Waals surface area contributed by atoms with Gasteiger partial charge < -0.3 is 9.47 Å². The molecule has 0 saturated carbocycles. The molecule has 5 rings (SSSR count). The number of carbonyl (C=O) groups excluding carboxylic acids is 1. The third-order valence-electron chi connectivity index (χ3n) is 6.13. The van der Waals surface area contributed by atoms with E-state index in [0.29, 0.717) is 28.0 Å². The predicted octanol–water partition coefficient (Wildman–Crippen LogP) is 6.84. The monoisotopic (exact) mass is 557 g/mol. The molecule has 0 bridgehead atoms. The standard InChI is InChI=1S/C28H28ClN3O3S.ClH/c1-20-17-22(29)19-25-26(20)30-28(36-25)32(12-6-11-31-13-15-34-16-14-31)27(33)21-7-5-10-24(18-21)35-23-8-3-2-4-9-23;/h2-5,7-10,17-19H,6,11-16H2,1H3;1H. The van der Waals surface area contributed by atoms with Crippen molar-refractivity contribution in [2.45, 2.75) is 13.3 Å². The average molecular weight is 559 g/mol. The summed E-state index contributed by atoms with van der Waals surface area (Å²) >= 11 is 7.79. The Morgan fingerprint density at radius 2 is 1.84 bits per heavy atom. The summed E-state index contributed by atoms with van der Waals surface area (Å²) < 4.78 is 12.4. The molecule has 1 aliphatic heterocycles. The topological polar surface area (TPSA) is 54.9 Å². The van der Waals surface area contributed by atoms with Crippen molar-refractivity contribution in [3.05, 3.63) is 82.9 Å². The van der Waals surface area contributed by atoms with Crippen LogP contribution in [0.5, 0.6) is 11.5 Å². The van der Waals surface area contributed by atoms with E-state index in [1.165, 1.54) is 11.3 Å². The summed E-state index contributed by atoms with van der Waals surface area (Å²) in [5.41, 5.74) is 2.44. The van der Waals surface area contributed by atoms with Gasteiger partial charge in [0.1, 0.15) is 11.5 Å². The fraction of sp³-hybridized carbons (Fsp3) is 0.286. The zero-order chi connectivity index (χ0) is 24.9. The number of aromatic nitrogens is 1. The quantitative estimate of drug-likeness (QED) is 0.237. The molecule has 0 radical (unpaired) electrons. The molecule has 4 aromatic rings. The molecule has 3 aromatic carbocycles. The van der Waals surface area contributed by atoms with E-state index in [9.17, 15) is 4.79 Å². The maximum atomic E-state index is 13.8. The number of amides is 1. The molecule has 0 N–H and O–H groups in total. The molecule has 2 heterocycles. The highest BCUT2D eigenvalue weighted by atomic mass is 35.5. The smallest absolute Gasteiger partial charge is 0.260 e. The summed E-state index contributed by atoms with van der Waals surface area (Å²) in [4.78, 5) is 22.9. The van der Waals surface area contributed by atoms with Crippen LogP contribution >= 0.6 is 35.3 Å². The second kappa shape index (κ2) is 12.7. The molecule has 37 heavy (non-hydrogen) atoms. The lowest BCUT2D eigenvalue weighted by Gasteiger charge is -2.27. The second-order valence-electron chi connectivity index (χ2n) is 8.77. The minimum Gasteiger partial charge on any atom is -0.457 e. The highest BCUT2D eigenvalue weighted by Crippen LogP contribution is 2.34. The van der Waals surface area contributed by atoms with Crippen LogP contribution in [-0.2, 0) is 4.74 Å². The van der Waals surface area contributed by atoms with Crippen LogP contribution < -0.4 is 9.64 Å². The number of carbonyl (C=O) groups is 1. The van der Waals surface area contributed by atoms with Crippen LogP contribution in [0.3, 0.4) is 0 Å². The number of aryl methyl sites for hydroxylation is 1. The van der Waals surface area contributed by atoms with Crippen LogP contribution in [0.15, 0.2) is 66.7 Å². The Morgan fingerprint density at radius 1 is 1.08 bits per heavy atom. The molecule has 0 aliphatic carbocycles. The highest BCUT2D eigenvalue weighted by molar-refractivity contribution is 7.22. The molecule has 1 aromatic heterocycles. The van der Waals surface area contributed by atoms with Gasteiger partial charge in [-0.05, 0) is 61.4 Å². The van der Waals surface area contributed by atoms with Gasteiger partial charge in [0.2, 0.25) is 0 Å². The largest absolute Gasteiger partial charge is 0.457 e. The molecule has 0 unspecified atom stereocenters. The number of fused-ring (bicyclic) bond motifs is 1. The van der Waals surface area contributed by atoms with Crippen LogP contribution in [-0.4, -0.2) is 55.2 Å². The molecule has 0 spiro atoms. The third kappa shape index (κ3) is 6.80. The van der Waals surface area contributed by atoms with Crippen molar-refractivity contribution in [3.8, 4) is 11.5 Å². The molecule has 1 amide bonds. The zero-order valence-corrected chi connectivity index (χ0v) is 23.0. The van der Waals surface area contributed by atoms with Crippen molar-refractivity contribution in [1.82, 2.24) is 9.88 Å². The molecule has 6 nitrogen and oxygen atoms in total. The van der Waals surface area contributed by atoms with Gasteiger partial charge in [-0.2, -0.15) is 0 Å². The molecule has 0 atom stereocenters. The van der Waals surface area contributed by atoms with Crippen LogP contribution in [0.2, 0.25) is 5.02 Å². The summed E-state index contributed by atoms with van der Waals surface area (Å²) in [7, 11) is 0. The van der Waals surface area contributed by atoms with Gasteiger partial charge in [0, 0.05) is 36.8 Å². The third-order valence-corrected chi connectivity index (χ3v) is 7.38. The van der Waals surface area contributed by atoms with Gasteiger partial charge in [0.25, 0.3) is 5.91 Å². The Labute approximate surface area is 232 Å². The second-order valence-corrected chi connectivity index (χ2v) is 10.2. The Balaban J connectivity index is 0.00000320. The van der Waals surface area contributed by atoms with Crippen LogP contribution in [0.4, 0.5) is 5.13 Å². The number of rotatable bonds is 8. The summed E-state index contributed by atoms with van der Waals surface area (Å²) in [5, 5.41) is 1.35. The van der Waals surface area contributed by atoms with Crippen molar-refractivity contribution in [2.75, 3.05) is 44.3 Å². The van der Waals surface area contributed by atoms with E-state index in [-0.39, 0.29) is 18.3 Å². The van der Waals surface area contributed by atoms with Crippen LogP contribution in [0, 0.1) is 6.92 Å². The first-order valence-corrected chi connectivity index (χ1v) is 13.3. The first kappa shape index (κ1) is 27.4. The van der Waals surface area contributed by atoms with E-state index in [1.807, 2.05) is 67.6 Å². The summed E-state index contributed by atoms with van der Waals surface area (Å²) in [5.74, 6) is 1.24. The summed E-state index contributed by atoms with van der Waals surface area (Å²) in [6, 6.07) is 20.7. The number of hydrogen-bond acceptors (Lipinski definition) is 6. The van der Waals surface area contributed by atoms with Gasteiger partial charge in [-0.25, -0.2) is 4.98 Å². The zero-order valence-electron chi connectivity index (χ0n) is 20.6. The minimum absolute atomic E-state index is 0. The van der Waals surface area contributed by atoms with Crippen LogP contribution in [0.25, 0.3) is 10.2 Å². The Hall–Kier alpha value is -2.68. The Morgan fingerprint density at radius 3 is 2.62 bits per heavy atom. The summed E-state index contributed by atoms with van der Waals surface area (Å²) in [6.07, 6.45) is 0.835. The molecule has 1 aliphatic rings. The number of ether oxygens (including phenoxy) is 2. The predicted molar refractivity (Wildman–Crippen MR) is 153 cm³/mol. The first-order valence-electron chi connectivity index (χ1n) is 12.1. The Bertz CT molecular complexity index is 1340. The van der Waals surface area contributed by atoms with E-state index < -0.39 is 0 Å². The molecular formula is C28H29Cl2N3O3S. The van der Waals surface area contributed by atoms with Crippen LogP contribution in [0.1, 0.15) is 22.3 Å². The SMILES string of the molecule is Cc1cc(Cl)cc2sc(N(CCCN3CCOCC3)C(=O)c3cccc(Oc4ccccc4)c3)nc12.Cl. The van der Waals surface area contributed by atoms with Gasteiger partial charge in [-0.1, -0.05) is 47.2 Å².